The van der Waals surface area contributed by atoms with Crippen LogP contribution in [0.5, 0.6) is 0 Å². The Morgan fingerprint density at radius 3 is 2.00 bits per heavy atom. The lowest BCUT2D eigenvalue weighted by atomic mass is 10.2. The van der Waals surface area contributed by atoms with E-state index in [0.29, 0.717) is 13.0 Å². The lowest BCUT2D eigenvalue weighted by molar-refractivity contribution is -0.227. The van der Waals surface area contributed by atoms with Gasteiger partial charge in [0.1, 0.15) is 6.17 Å². The summed E-state index contributed by atoms with van der Waals surface area (Å²) in [5, 5.41) is 3.66. The number of amides is 3. The zero-order chi connectivity index (χ0) is 14.6. The Bertz CT molecular complexity index is 372. The van der Waals surface area contributed by atoms with E-state index in [1.54, 1.807) is 20.8 Å². The Labute approximate surface area is 113 Å². The smallest absolute Gasteiger partial charge is 0.260 e. The number of carbonyl (C=O) groups is 3. The molecule has 0 saturated carbocycles. The topological polar surface area (TPSA) is 86.9 Å². The van der Waals surface area contributed by atoms with Crippen molar-refractivity contribution in [2.75, 3.05) is 6.54 Å². The second kappa shape index (κ2) is 6.51. The molecule has 1 aliphatic rings. The summed E-state index contributed by atoms with van der Waals surface area (Å²) in [6, 6.07) is 0. The molecule has 0 aromatic carbocycles. The van der Waals surface area contributed by atoms with Gasteiger partial charge in [-0.1, -0.05) is 20.8 Å². The Balaban J connectivity index is 3.11. The summed E-state index contributed by atoms with van der Waals surface area (Å²) < 4.78 is 0. The van der Waals surface area contributed by atoms with Crippen LogP contribution in [0, 0.1) is 0 Å². The van der Waals surface area contributed by atoms with Crippen LogP contribution in [0.4, 0.5) is 0 Å². The molecule has 1 atom stereocenters. The molecule has 0 radical (unpaired) electrons. The fourth-order valence-electron chi connectivity index (χ4n) is 1.99. The Kier molecular flexibility index (Phi) is 5.29. The minimum absolute atomic E-state index is 0.192. The summed E-state index contributed by atoms with van der Waals surface area (Å²) in [7, 11) is 0. The summed E-state index contributed by atoms with van der Waals surface area (Å²) in [5.41, 5.74) is 5.92. The molecule has 1 saturated heterocycles. The van der Waals surface area contributed by atoms with Gasteiger partial charge in [0.15, 0.2) is 0 Å². The van der Waals surface area contributed by atoms with E-state index in [4.69, 9.17) is 5.73 Å². The Morgan fingerprint density at radius 1 is 1.00 bits per heavy atom. The first-order chi connectivity index (χ1) is 8.97. The van der Waals surface area contributed by atoms with Crippen molar-refractivity contribution in [1.29, 1.82) is 0 Å². The summed E-state index contributed by atoms with van der Waals surface area (Å²) in [5.74, 6) is -0.760. The van der Waals surface area contributed by atoms with Crippen molar-refractivity contribution in [2.45, 2.75) is 52.6 Å². The van der Waals surface area contributed by atoms with Gasteiger partial charge in [-0.3, -0.25) is 14.4 Å². The number of hydrogen-bond donors (Lipinski definition) is 1. The lowest BCUT2D eigenvalue weighted by Crippen LogP contribution is -2.68. The summed E-state index contributed by atoms with van der Waals surface area (Å²) in [6.07, 6.45) is 0.606. The van der Waals surface area contributed by atoms with E-state index in [0.717, 1.165) is 5.12 Å². The number of rotatable bonds is 3. The monoisotopic (exact) mass is 270 g/mol. The number of hydrogen-bond acceptors (Lipinski definition) is 4. The van der Waals surface area contributed by atoms with Gasteiger partial charge >= 0.3 is 0 Å². The van der Waals surface area contributed by atoms with Crippen LogP contribution < -0.4 is 5.73 Å². The molecule has 1 heterocycles. The van der Waals surface area contributed by atoms with Gasteiger partial charge in [0.2, 0.25) is 11.8 Å². The first-order valence-electron chi connectivity index (χ1n) is 6.68. The van der Waals surface area contributed by atoms with E-state index in [1.165, 1.54) is 10.0 Å². The standard InChI is InChI=1S/C12H22N4O3/c1-4-10(17)14-8-7-9(13)15(11(18)5-2)16(14)12(19)6-3/h9H,4-8,13H2,1-3H3. The first kappa shape index (κ1) is 15.4. The maximum atomic E-state index is 12.1. The highest BCUT2D eigenvalue weighted by molar-refractivity contribution is 5.85. The lowest BCUT2D eigenvalue weighted by Gasteiger charge is -2.48. The SMILES string of the molecule is CCC(=O)N1CCC(N)N(C(=O)CC)N1C(=O)CC. The maximum Gasteiger partial charge on any atom is 0.260 e. The molecule has 1 aliphatic heterocycles. The number of nitrogens with two attached hydrogens (primary N) is 1. The normalized spacial score (nSPS) is 19.6. The van der Waals surface area contributed by atoms with Crippen LogP contribution in [0.2, 0.25) is 0 Å². The highest BCUT2D eigenvalue weighted by Crippen LogP contribution is 2.19. The molecule has 3 amide bonds. The second-order valence-electron chi connectivity index (χ2n) is 4.36. The number of hydrazine groups is 2. The minimum Gasteiger partial charge on any atom is -0.310 e. The predicted octanol–water partition coefficient (Wildman–Crippen LogP) is 0.221. The fraction of sp³-hybridized carbons (Fsp3) is 0.750. The molecule has 7 nitrogen and oxygen atoms in total. The van der Waals surface area contributed by atoms with Crippen LogP contribution in [0.1, 0.15) is 46.5 Å². The second-order valence-corrected chi connectivity index (χ2v) is 4.36. The summed E-state index contributed by atoms with van der Waals surface area (Å²) in [6.45, 7) is 5.46. The molecule has 7 heteroatoms. The van der Waals surface area contributed by atoms with E-state index in [1.807, 2.05) is 0 Å². The van der Waals surface area contributed by atoms with Crippen molar-refractivity contribution < 1.29 is 14.4 Å². The largest absolute Gasteiger partial charge is 0.310 e. The maximum absolute atomic E-state index is 12.1. The molecule has 1 fully saturated rings. The van der Waals surface area contributed by atoms with Crippen LogP contribution in [0.3, 0.4) is 0 Å². The quantitative estimate of drug-likeness (QED) is 0.794. The van der Waals surface area contributed by atoms with Gasteiger partial charge < -0.3 is 5.73 Å². The van der Waals surface area contributed by atoms with Crippen molar-refractivity contribution in [1.82, 2.24) is 15.1 Å². The highest BCUT2D eigenvalue weighted by Gasteiger charge is 2.39. The van der Waals surface area contributed by atoms with Crippen LogP contribution in [0.15, 0.2) is 0 Å². The number of nitrogens with zero attached hydrogens (tertiary/aromatic N) is 3. The van der Waals surface area contributed by atoms with Crippen molar-refractivity contribution in [3.8, 4) is 0 Å². The third-order valence-electron chi connectivity index (χ3n) is 3.06. The molecule has 1 unspecified atom stereocenters. The molecule has 1 rings (SSSR count). The highest BCUT2D eigenvalue weighted by atomic mass is 16.2. The van der Waals surface area contributed by atoms with E-state index in [-0.39, 0.29) is 37.0 Å². The van der Waals surface area contributed by atoms with E-state index < -0.39 is 6.17 Å². The van der Waals surface area contributed by atoms with Gasteiger partial charge in [0, 0.05) is 32.2 Å². The van der Waals surface area contributed by atoms with Crippen LogP contribution in [-0.2, 0) is 14.4 Å². The molecule has 0 spiro atoms. The predicted molar refractivity (Wildman–Crippen MR) is 68.9 cm³/mol. The average molecular weight is 270 g/mol. The Hall–Kier alpha value is -1.63. The molecule has 0 bridgehead atoms. The van der Waals surface area contributed by atoms with E-state index >= 15 is 0 Å². The van der Waals surface area contributed by atoms with Crippen LogP contribution in [-0.4, -0.2) is 45.6 Å². The van der Waals surface area contributed by atoms with Gasteiger partial charge in [0.25, 0.3) is 5.91 Å². The van der Waals surface area contributed by atoms with Gasteiger partial charge in [-0.05, 0) is 0 Å². The minimum atomic E-state index is -0.566. The van der Waals surface area contributed by atoms with Crippen LogP contribution in [0.25, 0.3) is 0 Å². The van der Waals surface area contributed by atoms with Gasteiger partial charge in [0.05, 0.1) is 0 Å². The van der Waals surface area contributed by atoms with Crippen LogP contribution >= 0.6 is 0 Å². The molecule has 19 heavy (non-hydrogen) atoms. The number of carbonyl (C=O) groups excluding carboxylic acids is 3. The molecule has 108 valence electrons. The van der Waals surface area contributed by atoms with Gasteiger partial charge in [-0.25, -0.2) is 10.0 Å². The molecule has 0 aliphatic carbocycles. The fourth-order valence-corrected chi connectivity index (χ4v) is 1.99. The van der Waals surface area contributed by atoms with Crippen molar-refractivity contribution in [3.05, 3.63) is 0 Å². The van der Waals surface area contributed by atoms with Crippen molar-refractivity contribution in [2.24, 2.45) is 5.73 Å². The zero-order valence-corrected chi connectivity index (χ0v) is 11.8. The molecular weight excluding hydrogens is 248 g/mol. The summed E-state index contributed by atoms with van der Waals surface area (Å²) >= 11 is 0. The molecular formula is C12H22N4O3. The third kappa shape index (κ3) is 3.04. The molecule has 2 N–H and O–H groups in total. The molecule has 0 aromatic heterocycles. The average Bonchev–Trinajstić information content (AvgIpc) is 2.44. The van der Waals surface area contributed by atoms with Crippen molar-refractivity contribution in [3.63, 3.8) is 0 Å². The van der Waals surface area contributed by atoms with Gasteiger partial charge in [-0.2, -0.15) is 0 Å². The Morgan fingerprint density at radius 2 is 1.53 bits per heavy atom. The molecule has 0 aromatic rings. The van der Waals surface area contributed by atoms with E-state index in [2.05, 4.69) is 0 Å². The summed E-state index contributed by atoms with van der Waals surface area (Å²) in [4.78, 5) is 35.9. The van der Waals surface area contributed by atoms with Gasteiger partial charge in [-0.15, -0.1) is 5.12 Å². The zero-order valence-electron chi connectivity index (χ0n) is 11.8. The first-order valence-corrected chi connectivity index (χ1v) is 6.68. The van der Waals surface area contributed by atoms with Crippen molar-refractivity contribution >= 4 is 17.7 Å². The van der Waals surface area contributed by atoms with E-state index in [9.17, 15) is 14.4 Å². The third-order valence-corrected chi connectivity index (χ3v) is 3.06.